The van der Waals surface area contributed by atoms with Crippen molar-refractivity contribution in [2.75, 3.05) is 62.7 Å². The van der Waals surface area contributed by atoms with Crippen LogP contribution < -0.4 is 28.7 Å². The third kappa shape index (κ3) is 10.4. The lowest BCUT2D eigenvalue weighted by molar-refractivity contribution is 0.0310. The van der Waals surface area contributed by atoms with E-state index in [0.717, 1.165) is 26.0 Å². The number of ether oxygens (including phenoxy) is 6. The largest absolute Gasteiger partial charge is 0.493 e. The van der Waals surface area contributed by atoms with Crippen LogP contribution >= 0.6 is 21.6 Å². The molecule has 4 unspecified atom stereocenters. The highest BCUT2D eigenvalue weighted by Gasteiger charge is 2.48. The van der Waals surface area contributed by atoms with E-state index in [1.807, 2.05) is 18.2 Å². The smallest absolute Gasteiger partial charge is 0.417 e. The molecule has 0 saturated carbocycles. The van der Waals surface area contributed by atoms with Gasteiger partial charge in [-0.15, -0.1) is 0 Å². The van der Waals surface area contributed by atoms with Crippen molar-refractivity contribution in [3.8, 4) is 23.0 Å². The summed E-state index contributed by atoms with van der Waals surface area (Å²) in [6, 6.07) is 10.2. The molecule has 0 spiro atoms. The third-order valence-corrected chi connectivity index (χ3v) is 13.4. The SMILES string of the molecule is C=C1CC2C(O)N(C(=O)OCCSSc3ccccn3)c3cc(OCCCCCOc4cc5c(cc4OC)C(=O)N4CC(=C)CC4C(O)N5C(=O)OC(C)(C)C)c(OC)cc3C(=O)N2C1. The number of hydrogen-bond donors (Lipinski definition) is 2. The lowest BCUT2D eigenvalue weighted by atomic mass is 10.1. The van der Waals surface area contributed by atoms with Gasteiger partial charge in [0.05, 0.1) is 62.0 Å². The number of carbonyl (C=O) groups is 4. The zero-order chi connectivity index (χ0) is 46.6. The molecule has 3 aromatic rings. The summed E-state index contributed by atoms with van der Waals surface area (Å²) in [4.78, 5) is 64.8. The summed E-state index contributed by atoms with van der Waals surface area (Å²) in [5, 5.41) is 24.1. The summed E-state index contributed by atoms with van der Waals surface area (Å²) in [5.74, 6) is 0.760. The van der Waals surface area contributed by atoms with E-state index in [-0.39, 0.29) is 90.2 Å². The number of unbranched alkanes of at least 4 members (excludes halogenated alkanes) is 2. The van der Waals surface area contributed by atoms with Crippen LogP contribution in [0.1, 0.15) is 73.6 Å². The minimum absolute atomic E-state index is 0.0443. The predicted octanol–water partition coefficient (Wildman–Crippen LogP) is 7.06. The molecule has 2 N–H and O–H groups in total. The maximum Gasteiger partial charge on any atom is 0.417 e. The maximum absolute atomic E-state index is 14.0. The number of anilines is 2. The molecule has 348 valence electrons. The van der Waals surface area contributed by atoms with Crippen molar-refractivity contribution in [3.63, 3.8) is 0 Å². The Morgan fingerprint density at radius 2 is 1.28 bits per heavy atom. The van der Waals surface area contributed by atoms with Crippen LogP contribution in [0.2, 0.25) is 0 Å². The van der Waals surface area contributed by atoms with Gasteiger partial charge in [-0.05, 0) is 87.9 Å². The van der Waals surface area contributed by atoms with Gasteiger partial charge in [-0.1, -0.05) is 41.2 Å². The molecular weight excluding hydrogens is 879 g/mol. The fourth-order valence-corrected chi connectivity index (χ4v) is 9.86. The van der Waals surface area contributed by atoms with Crippen molar-refractivity contribution in [1.29, 1.82) is 0 Å². The second-order valence-electron chi connectivity index (χ2n) is 16.9. The standard InChI is InChI=1S/C46H55N5O12S2/c1-27-19-33-42(54)50(44(56)62-17-18-64-65-39-13-9-10-14-47-39)31-23-37(35(58-6)21-29(31)40(52)48(33)25-27)60-15-11-8-12-16-61-38-24-32-30(22-36(38)59-7)41(53)49-26-28(2)20-34(49)43(55)51(32)45(57)63-46(3,4)5/h9-10,13-14,21-24,33-34,42-43,54-55H,1-2,8,11-12,15-20,25-26H2,3-7H3. The van der Waals surface area contributed by atoms with E-state index in [1.165, 1.54) is 69.9 Å². The molecule has 4 amide bonds. The molecular formula is C46H55N5O12S2. The number of nitrogens with zero attached hydrogens (tertiary/aromatic N) is 5. The Hall–Kier alpha value is -5.63. The molecule has 7 rings (SSSR count). The molecule has 2 aromatic carbocycles. The third-order valence-electron chi connectivity index (χ3n) is 11.1. The number of fused-ring (bicyclic) bond motifs is 4. The number of methoxy groups -OCH3 is 2. The summed E-state index contributed by atoms with van der Waals surface area (Å²) < 4.78 is 35.0. The van der Waals surface area contributed by atoms with E-state index in [2.05, 4.69) is 18.1 Å². The number of hydrogen-bond acceptors (Lipinski definition) is 15. The number of carbonyl (C=O) groups excluding carboxylic acids is 4. The molecule has 2 fully saturated rings. The Bertz CT molecular complexity index is 2310. The quantitative estimate of drug-likeness (QED) is 0.0895. The van der Waals surface area contributed by atoms with E-state index < -0.39 is 42.3 Å². The highest BCUT2D eigenvalue weighted by atomic mass is 33.1. The molecule has 4 aliphatic heterocycles. The van der Waals surface area contributed by atoms with Gasteiger partial charge in [0.1, 0.15) is 17.2 Å². The normalized spacial score (nSPS) is 20.4. The number of pyridine rings is 1. The maximum atomic E-state index is 14.0. The van der Waals surface area contributed by atoms with Gasteiger partial charge >= 0.3 is 12.2 Å². The van der Waals surface area contributed by atoms with Crippen LogP contribution in [0.25, 0.3) is 0 Å². The number of benzene rings is 2. The summed E-state index contributed by atoms with van der Waals surface area (Å²) in [6.07, 6.45) is -0.342. The second kappa shape index (κ2) is 20.3. The van der Waals surface area contributed by atoms with Gasteiger partial charge in [0, 0.05) is 37.2 Å². The van der Waals surface area contributed by atoms with Crippen LogP contribution in [0.3, 0.4) is 0 Å². The zero-order valence-corrected chi connectivity index (χ0v) is 38.8. The number of aliphatic hydroxyl groups excluding tert-OH is 2. The minimum atomic E-state index is -1.43. The molecule has 0 bridgehead atoms. The first-order chi connectivity index (χ1) is 31.1. The molecule has 4 aliphatic rings. The van der Waals surface area contributed by atoms with Gasteiger partial charge in [0.2, 0.25) is 0 Å². The Kier molecular flexibility index (Phi) is 14.8. The number of amides is 4. The molecule has 65 heavy (non-hydrogen) atoms. The van der Waals surface area contributed by atoms with Crippen molar-refractivity contribution in [2.45, 2.75) is 88.0 Å². The summed E-state index contributed by atoms with van der Waals surface area (Å²) >= 11 is 0. The number of aromatic nitrogens is 1. The summed E-state index contributed by atoms with van der Waals surface area (Å²) in [7, 11) is 5.83. The lowest BCUT2D eigenvalue weighted by Gasteiger charge is -2.33. The van der Waals surface area contributed by atoms with Crippen molar-refractivity contribution >= 4 is 57.0 Å². The Labute approximate surface area is 386 Å². The van der Waals surface area contributed by atoms with E-state index in [1.54, 1.807) is 27.0 Å². The average Bonchev–Trinajstić information content (AvgIpc) is 3.83. The van der Waals surface area contributed by atoms with E-state index in [0.29, 0.717) is 37.9 Å². The zero-order valence-electron chi connectivity index (χ0n) is 37.2. The van der Waals surface area contributed by atoms with E-state index in [4.69, 9.17) is 28.4 Å². The van der Waals surface area contributed by atoms with Gasteiger partial charge < -0.3 is 48.4 Å². The Morgan fingerprint density at radius 1 is 0.754 bits per heavy atom. The van der Waals surface area contributed by atoms with Crippen LogP contribution in [-0.2, 0) is 9.47 Å². The molecule has 19 heteroatoms. The molecule has 1 aromatic heterocycles. The number of rotatable bonds is 15. The van der Waals surface area contributed by atoms with Crippen molar-refractivity contribution in [1.82, 2.24) is 14.8 Å². The first kappa shape index (κ1) is 47.3. The average molecular weight is 934 g/mol. The summed E-state index contributed by atoms with van der Waals surface area (Å²) in [6.45, 7) is 14.2. The topological polar surface area (TPSA) is 190 Å². The van der Waals surface area contributed by atoms with Crippen LogP contribution in [0.15, 0.2) is 78.0 Å². The van der Waals surface area contributed by atoms with Crippen LogP contribution in [0, 0.1) is 0 Å². The van der Waals surface area contributed by atoms with Gasteiger partial charge in [-0.25, -0.2) is 24.4 Å². The molecule has 5 heterocycles. The van der Waals surface area contributed by atoms with Gasteiger partial charge in [-0.3, -0.25) is 9.59 Å². The fraction of sp³-hybridized carbons (Fsp3) is 0.457. The Morgan fingerprint density at radius 3 is 1.75 bits per heavy atom. The van der Waals surface area contributed by atoms with Crippen molar-refractivity contribution < 1.29 is 57.8 Å². The molecule has 4 atom stereocenters. The van der Waals surface area contributed by atoms with Gasteiger partial charge in [-0.2, -0.15) is 0 Å². The highest BCUT2D eigenvalue weighted by molar-refractivity contribution is 8.76. The van der Waals surface area contributed by atoms with Gasteiger partial charge in [0.25, 0.3) is 11.8 Å². The highest BCUT2D eigenvalue weighted by Crippen LogP contribution is 2.44. The van der Waals surface area contributed by atoms with E-state index >= 15 is 0 Å². The Balaban J connectivity index is 1.01. The minimum Gasteiger partial charge on any atom is -0.493 e. The monoisotopic (exact) mass is 933 g/mol. The first-order valence-corrected chi connectivity index (χ1v) is 23.6. The second-order valence-corrected chi connectivity index (χ2v) is 19.4. The van der Waals surface area contributed by atoms with Crippen LogP contribution in [0.4, 0.5) is 21.0 Å². The fourth-order valence-electron chi connectivity index (χ4n) is 8.16. The molecule has 2 saturated heterocycles. The molecule has 0 aliphatic carbocycles. The first-order valence-electron chi connectivity index (χ1n) is 21.3. The lowest BCUT2D eigenvalue weighted by Crippen LogP contribution is -2.51. The number of aliphatic hydroxyl groups is 2. The molecule has 17 nitrogen and oxygen atoms in total. The predicted molar refractivity (Wildman–Crippen MR) is 245 cm³/mol. The van der Waals surface area contributed by atoms with Gasteiger partial charge in [0.15, 0.2) is 35.5 Å². The van der Waals surface area contributed by atoms with E-state index in [9.17, 15) is 29.4 Å². The van der Waals surface area contributed by atoms with Crippen LogP contribution in [-0.4, -0.2) is 132 Å². The van der Waals surface area contributed by atoms with Crippen molar-refractivity contribution in [2.24, 2.45) is 0 Å². The van der Waals surface area contributed by atoms with Crippen LogP contribution in [0.5, 0.6) is 23.0 Å². The molecule has 0 radical (unpaired) electrons. The van der Waals surface area contributed by atoms with Crippen molar-refractivity contribution in [3.05, 3.63) is 84.1 Å². The summed E-state index contributed by atoms with van der Waals surface area (Å²) in [5.41, 5.74) is 1.20.